The number of nitrogens with one attached hydrogen (secondary N) is 1. The zero-order chi connectivity index (χ0) is 21.6. The van der Waals surface area contributed by atoms with E-state index < -0.39 is 34.6 Å². The average Bonchev–Trinajstić information content (AvgIpc) is 2.66. The van der Waals surface area contributed by atoms with Crippen LogP contribution in [0, 0.1) is 5.92 Å². The van der Waals surface area contributed by atoms with E-state index in [0.29, 0.717) is 23.5 Å². The van der Waals surface area contributed by atoms with Gasteiger partial charge in [-0.05, 0) is 59.8 Å². The highest BCUT2D eigenvalue weighted by Crippen LogP contribution is 2.29. The van der Waals surface area contributed by atoms with Crippen molar-refractivity contribution in [1.29, 1.82) is 0 Å². The number of imide groups is 1. The zero-order valence-corrected chi connectivity index (χ0v) is 18.5. The number of benzene rings is 1. The quantitative estimate of drug-likeness (QED) is 0.607. The number of nitrogens with zero attached hydrogens (tertiary/aromatic N) is 1. The Bertz CT molecular complexity index is 880. The first-order valence-electron chi connectivity index (χ1n) is 9.08. The molecule has 1 aliphatic rings. The van der Waals surface area contributed by atoms with Gasteiger partial charge in [-0.25, -0.2) is 18.0 Å². The van der Waals surface area contributed by atoms with E-state index in [-0.39, 0.29) is 17.1 Å². The largest absolute Gasteiger partial charge is 0.452 e. The predicted octanol–water partition coefficient (Wildman–Crippen LogP) is 2.30. The van der Waals surface area contributed by atoms with Crippen LogP contribution in [0.3, 0.4) is 0 Å². The summed E-state index contributed by atoms with van der Waals surface area (Å²) in [4.78, 5) is 34.9. The molecule has 1 aromatic carbocycles. The number of alkyl carbamates (subject to hydrolysis) is 1. The topological polar surface area (TPSA) is 119 Å². The third-order valence-electron chi connectivity index (χ3n) is 4.38. The summed E-state index contributed by atoms with van der Waals surface area (Å²) in [6, 6.07) is 4.03. The van der Waals surface area contributed by atoms with Gasteiger partial charge in [0, 0.05) is 17.6 Å². The molecule has 1 N–H and O–H groups in total. The summed E-state index contributed by atoms with van der Waals surface area (Å²) in [6.45, 7) is 3.87. The highest BCUT2D eigenvalue weighted by atomic mass is 79.9. The van der Waals surface area contributed by atoms with Crippen LogP contribution >= 0.6 is 15.9 Å². The highest BCUT2D eigenvalue weighted by molar-refractivity contribution is 9.10. The minimum Gasteiger partial charge on any atom is -0.452 e. The van der Waals surface area contributed by atoms with Crippen molar-refractivity contribution >= 4 is 43.9 Å². The third kappa shape index (κ3) is 6.25. The Morgan fingerprint density at radius 1 is 1.21 bits per heavy atom. The lowest BCUT2D eigenvalue weighted by atomic mass is 10.0. The lowest BCUT2D eigenvalue weighted by molar-refractivity contribution is -0.123. The molecule has 0 unspecified atom stereocenters. The molecule has 0 spiro atoms. The molecule has 1 heterocycles. The van der Waals surface area contributed by atoms with Crippen LogP contribution in [0.15, 0.2) is 27.6 Å². The van der Waals surface area contributed by atoms with Crippen molar-refractivity contribution < 1.29 is 32.3 Å². The number of rotatable bonds is 6. The van der Waals surface area contributed by atoms with Crippen LogP contribution in [0.2, 0.25) is 0 Å². The number of ether oxygens (including phenoxy) is 2. The van der Waals surface area contributed by atoms with Crippen LogP contribution in [0.5, 0.6) is 0 Å². The molecule has 0 aliphatic carbocycles. The normalized spacial score (nSPS) is 15.6. The predicted molar refractivity (Wildman–Crippen MR) is 107 cm³/mol. The van der Waals surface area contributed by atoms with E-state index in [1.807, 2.05) is 5.32 Å². The van der Waals surface area contributed by atoms with E-state index in [4.69, 9.17) is 4.74 Å². The Morgan fingerprint density at radius 2 is 1.86 bits per heavy atom. The molecule has 1 aliphatic heterocycles. The first kappa shape index (κ1) is 23.3. The van der Waals surface area contributed by atoms with Gasteiger partial charge in [0.25, 0.3) is 5.91 Å². The third-order valence-corrected chi connectivity index (χ3v) is 7.27. The summed E-state index contributed by atoms with van der Waals surface area (Å²) < 4.78 is 37.1. The standard InChI is InChI=1S/C18H23BrN2O7S/c1-3-27-18(24)20-16(22)11-28-17(23)13-4-5-14(19)15(10-13)29(25,26)21-8-6-12(2)7-9-21/h4-5,10,12H,3,6-9,11H2,1-2H3,(H,20,22,24). The number of halogens is 1. The Morgan fingerprint density at radius 3 is 2.48 bits per heavy atom. The summed E-state index contributed by atoms with van der Waals surface area (Å²) in [6.07, 6.45) is 0.601. The van der Waals surface area contributed by atoms with Crippen molar-refractivity contribution in [2.45, 2.75) is 31.6 Å². The summed E-state index contributed by atoms with van der Waals surface area (Å²) >= 11 is 3.22. The van der Waals surface area contributed by atoms with Crippen molar-refractivity contribution in [2.75, 3.05) is 26.3 Å². The molecule has 1 saturated heterocycles. The van der Waals surface area contributed by atoms with Gasteiger partial charge in [0.05, 0.1) is 17.1 Å². The van der Waals surface area contributed by atoms with E-state index in [1.165, 1.54) is 22.5 Å². The van der Waals surface area contributed by atoms with Gasteiger partial charge < -0.3 is 9.47 Å². The second-order valence-corrected chi connectivity index (χ2v) is 9.34. The SMILES string of the molecule is CCOC(=O)NC(=O)COC(=O)c1ccc(Br)c(S(=O)(=O)N2CCC(C)CC2)c1. The molecule has 0 bridgehead atoms. The number of esters is 1. The van der Waals surface area contributed by atoms with Gasteiger partial charge in [0.1, 0.15) is 0 Å². The number of carbonyl (C=O) groups excluding carboxylic acids is 3. The monoisotopic (exact) mass is 490 g/mol. The molecule has 0 saturated carbocycles. The first-order valence-corrected chi connectivity index (χ1v) is 11.3. The van der Waals surface area contributed by atoms with Crippen LogP contribution in [0.1, 0.15) is 37.0 Å². The maximum absolute atomic E-state index is 13.0. The molecule has 0 aromatic heterocycles. The molecule has 1 aromatic rings. The zero-order valence-electron chi connectivity index (χ0n) is 16.1. The van der Waals surface area contributed by atoms with Crippen LogP contribution in [0.25, 0.3) is 0 Å². The molecule has 29 heavy (non-hydrogen) atoms. The van der Waals surface area contributed by atoms with Gasteiger partial charge in [-0.1, -0.05) is 6.92 Å². The molecule has 0 radical (unpaired) electrons. The van der Waals surface area contributed by atoms with E-state index in [9.17, 15) is 22.8 Å². The Labute approximate surface area is 177 Å². The molecule has 2 rings (SSSR count). The van der Waals surface area contributed by atoms with Gasteiger partial charge in [0.2, 0.25) is 10.0 Å². The van der Waals surface area contributed by atoms with Crippen LogP contribution in [-0.2, 0) is 24.3 Å². The Hall–Kier alpha value is -1.98. The number of carbonyl (C=O) groups is 3. The minimum absolute atomic E-state index is 0.0268. The van der Waals surface area contributed by atoms with Crippen LogP contribution in [-0.4, -0.2) is 57.0 Å². The van der Waals surface area contributed by atoms with Crippen LogP contribution < -0.4 is 5.32 Å². The van der Waals surface area contributed by atoms with Gasteiger partial charge in [-0.3, -0.25) is 10.1 Å². The summed E-state index contributed by atoms with van der Waals surface area (Å²) in [5.41, 5.74) is -0.0268. The highest BCUT2D eigenvalue weighted by Gasteiger charge is 2.30. The van der Waals surface area contributed by atoms with E-state index in [2.05, 4.69) is 27.6 Å². The number of hydrogen-bond acceptors (Lipinski definition) is 7. The molecular formula is C18H23BrN2O7S. The van der Waals surface area contributed by atoms with Gasteiger partial charge in [-0.2, -0.15) is 4.31 Å². The number of sulfonamides is 1. The number of hydrogen-bond donors (Lipinski definition) is 1. The molecule has 11 heteroatoms. The van der Waals surface area contributed by atoms with Gasteiger partial charge in [0.15, 0.2) is 6.61 Å². The van der Waals surface area contributed by atoms with Gasteiger partial charge in [-0.15, -0.1) is 0 Å². The van der Waals surface area contributed by atoms with Crippen molar-refractivity contribution in [2.24, 2.45) is 5.92 Å². The van der Waals surface area contributed by atoms with E-state index >= 15 is 0 Å². The molecule has 9 nitrogen and oxygen atoms in total. The maximum Gasteiger partial charge on any atom is 0.413 e. The molecule has 0 atom stereocenters. The molecule has 160 valence electrons. The van der Waals surface area contributed by atoms with Crippen LogP contribution in [0.4, 0.5) is 4.79 Å². The van der Waals surface area contributed by atoms with Crippen molar-refractivity contribution in [1.82, 2.24) is 9.62 Å². The second-order valence-electron chi connectivity index (χ2n) is 6.58. The molecule has 2 amide bonds. The number of piperidine rings is 1. The summed E-state index contributed by atoms with van der Waals surface area (Å²) in [5, 5.41) is 1.89. The fourth-order valence-corrected chi connectivity index (χ4v) is 5.14. The van der Waals surface area contributed by atoms with E-state index in [1.54, 1.807) is 6.92 Å². The smallest absolute Gasteiger partial charge is 0.413 e. The minimum atomic E-state index is -3.79. The summed E-state index contributed by atoms with van der Waals surface area (Å²) in [5.74, 6) is -1.28. The number of amides is 2. The summed E-state index contributed by atoms with van der Waals surface area (Å²) in [7, 11) is -3.79. The average molecular weight is 491 g/mol. The van der Waals surface area contributed by atoms with E-state index in [0.717, 1.165) is 12.8 Å². The Balaban J connectivity index is 2.08. The van der Waals surface area contributed by atoms with Crippen molar-refractivity contribution in [3.05, 3.63) is 28.2 Å². The molecule has 1 fully saturated rings. The Kier molecular flexibility index (Phi) is 8.17. The fraction of sp³-hybridized carbons (Fsp3) is 0.500. The fourth-order valence-electron chi connectivity index (χ4n) is 2.72. The van der Waals surface area contributed by atoms with Crippen molar-refractivity contribution in [3.8, 4) is 0 Å². The maximum atomic E-state index is 13.0. The lowest BCUT2D eigenvalue weighted by Gasteiger charge is -2.29. The van der Waals surface area contributed by atoms with Gasteiger partial charge >= 0.3 is 12.1 Å². The second kappa shape index (κ2) is 10.2. The molecular weight excluding hydrogens is 468 g/mol. The van der Waals surface area contributed by atoms with Crippen molar-refractivity contribution in [3.63, 3.8) is 0 Å². The first-order chi connectivity index (χ1) is 13.6. The lowest BCUT2D eigenvalue weighted by Crippen LogP contribution is -2.38.